The highest BCUT2D eigenvalue weighted by molar-refractivity contribution is 6.12. The molecule has 3 aromatic rings. The summed E-state index contributed by atoms with van der Waals surface area (Å²) in [6.45, 7) is 3.79. The number of rotatable bonds is 6. The lowest BCUT2D eigenvalue weighted by Gasteiger charge is -2.13. The molecule has 0 aliphatic heterocycles. The maximum atomic E-state index is 12.9. The van der Waals surface area contributed by atoms with Gasteiger partial charge in [0.15, 0.2) is 0 Å². The van der Waals surface area contributed by atoms with Crippen LogP contribution < -0.4 is 25.2 Å². The van der Waals surface area contributed by atoms with E-state index in [0.29, 0.717) is 28.3 Å². The summed E-state index contributed by atoms with van der Waals surface area (Å²) in [5.41, 5.74) is 0.299. The molecule has 0 atom stereocenters. The Bertz CT molecular complexity index is 1070. The van der Waals surface area contributed by atoms with Crippen LogP contribution in [-0.4, -0.2) is 26.2 Å². The SMILES string of the molecule is COc1ccc(NC(=O)c2cc(=O)oc3cc(OC(C)C)ccc23)c(OC)c1. The zero-order valence-electron chi connectivity index (χ0n) is 16.1. The molecule has 2 aromatic carbocycles. The quantitative estimate of drug-likeness (QED) is 0.651. The van der Waals surface area contributed by atoms with E-state index in [4.69, 9.17) is 18.6 Å². The summed E-state index contributed by atoms with van der Waals surface area (Å²) in [4.78, 5) is 24.8. The third kappa shape index (κ3) is 4.09. The van der Waals surface area contributed by atoms with Crippen LogP contribution in [0.2, 0.25) is 0 Å². The molecule has 0 fully saturated rings. The Morgan fingerprint density at radius 1 is 1.00 bits per heavy atom. The van der Waals surface area contributed by atoms with E-state index >= 15 is 0 Å². The van der Waals surface area contributed by atoms with Crippen molar-refractivity contribution in [3.8, 4) is 17.2 Å². The van der Waals surface area contributed by atoms with Gasteiger partial charge in [0.2, 0.25) is 0 Å². The van der Waals surface area contributed by atoms with Crippen molar-refractivity contribution in [2.45, 2.75) is 20.0 Å². The Kier molecular flexibility index (Phi) is 5.54. The Hall–Kier alpha value is -3.48. The Morgan fingerprint density at radius 2 is 1.75 bits per heavy atom. The van der Waals surface area contributed by atoms with E-state index in [2.05, 4.69) is 5.32 Å². The summed E-state index contributed by atoms with van der Waals surface area (Å²) >= 11 is 0. The predicted molar refractivity (Wildman–Crippen MR) is 106 cm³/mol. The number of benzene rings is 2. The molecule has 0 spiro atoms. The fraction of sp³-hybridized carbons (Fsp3) is 0.238. The average Bonchev–Trinajstić information content (AvgIpc) is 2.66. The number of anilines is 1. The fourth-order valence-corrected chi connectivity index (χ4v) is 2.77. The summed E-state index contributed by atoms with van der Waals surface area (Å²) < 4.78 is 21.3. The Balaban J connectivity index is 1.99. The Morgan fingerprint density at radius 3 is 2.43 bits per heavy atom. The first-order chi connectivity index (χ1) is 13.4. The normalized spacial score (nSPS) is 10.8. The number of carbonyl (C=O) groups is 1. The molecule has 0 saturated heterocycles. The standard InChI is InChI=1S/C21H21NO6/c1-12(2)27-14-5-7-15-16(11-20(23)28-18(15)10-14)21(24)22-17-8-6-13(25-3)9-19(17)26-4/h5-12H,1-4H3,(H,22,24). The highest BCUT2D eigenvalue weighted by Gasteiger charge is 2.16. The third-order valence-electron chi connectivity index (χ3n) is 3.99. The smallest absolute Gasteiger partial charge is 0.337 e. The molecule has 0 saturated carbocycles. The van der Waals surface area contributed by atoms with Crippen LogP contribution in [0.1, 0.15) is 24.2 Å². The van der Waals surface area contributed by atoms with Crippen LogP contribution in [0.25, 0.3) is 11.0 Å². The van der Waals surface area contributed by atoms with E-state index in [9.17, 15) is 9.59 Å². The molecule has 146 valence electrons. The molecule has 1 heterocycles. The predicted octanol–water partition coefficient (Wildman–Crippen LogP) is 3.85. The summed E-state index contributed by atoms with van der Waals surface area (Å²) in [6, 6.07) is 11.2. The van der Waals surface area contributed by atoms with Gasteiger partial charge in [0, 0.05) is 23.6 Å². The van der Waals surface area contributed by atoms with Crippen LogP contribution in [0.15, 0.2) is 51.7 Å². The van der Waals surface area contributed by atoms with Gasteiger partial charge < -0.3 is 23.9 Å². The molecule has 1 amide bonds. The van der Waals surface area contributed by atoms with Gasteiger partial charge in [-0.3, -0.25) is 4.79 Å². The minimum absolute atomic E-state index is 0.0295. The summed E-state index contributed by atoms with van der Waals surface area (Å²) in [5.74, 6) is 1.13. The van der Waals surface area contributed by atoms with E-state index in [1.54, 1.807) is 43.5 Å². The van der Waals surface area contributed by atoms with Crippen LogP contribution in [-0.2, 0) is 0 Å². The van der Waals surface area contributed by atoms with E-state index in [1.807, 2.05) is 13.8 Å². The van der Waals surface area contributed by atoms with Gasteiger partial charge in [0.25, 0.3) is 5.91 Å². The van der Waals surface area contributed by atoms with E-state index in [0.717, 1.165) is 6.07 Å². The lowest BCUT2D eigenvalue weighted by Crippen LogP contribution is -2.16. The van der Waals surface area contributed by atoms with Crippen molar-refractivity contribution in [3.05, 3.63) is 58.4 Å². The molecule has 0 aliphatic rings. The number of ether oxygens (including phenoxy) is 3. The van der Waals surface area contributed by atoms with Crippen LogP contribution >= 0.6 is 0 Å². The number of carbonyl (C=O) groups excluding carboxylic acids is 1. The first kappa shape index (κ1) is 19.3. The maximum absolute atomic E-state index is 12.9. The fourth-order valence-electron chi connectivity index (χ4n) is 2.77. The number of amides is 1. The van der Waals surface area contributed by atoms with Gasteiger partial charge in [-0.2, -0.15) is 0 Å². The second kappa shape index (κ2) is 8.04. The molecule has 7 nitrogen and oxygen atoms in total. The average molecular weight is 383 g/mol. The van der Waals surface area contributed by atoms with Crippen molar-refractivity contribution < 1.29 is 23.4 Å². The van der Waals surface area contributed by atoms with Crippen molar-refractivity contribution in [1.29, 1.82) is 0 Å². The molecule has 7 heteroatoms. The zero-order chi connectivity index (χ0) is 20.3. The topological polar surface area (TPSA) is 87.0 Å². The molecular formula is C21H21NO6. The van der Waals surface area contributed by atoms with Gasteiger partial charge in [-0.15, -0.1) is 0 Å². The molecule has 1 aromatic heterocycles. The summed E-state index contributed by atoms with van der Waals surface area (Å²) in [6.07, 6.45) is -0.0295. The summed E-state index contributed by atoms with van der Waals surface area (Å²) in [5, 5.41) is 3.26. The highest BCUT2D eigenvalue weighted by atomic mass is 16.5. The van der Waals surface area contributed by atoms with Gasteiger partial charge in [0.1, 0.15) is 22.8 Å². The second-order valence-electron chi connectivity index (χ2n) is 6.32. The molecule has 0 radical (unpaired) electrons. The first-order valence-corrected chi connectivity index (χ1v) is 8.69. The lowest BCUT2D eigenvalue weighted by atomic mass is 10.1. The largest absolute Gasteiger partial charge is 0.497 e. The number of hydrogen-bond donors (Lipinski definition) is 1. The van der Waals surface area contributed by atoms with Crippen molar-refractivity contribution in [1.82, 2.24) is 0 Å². The third-order valence-corrected chi connectivity index (χ3v) is 3.99. The molecule has 1 N–H and O–H groups in total. The lowest BCUT2D eigenvalue weighted by molar-refractivity contribution is 0.102. The minimum Gasteiger partial charge on any atom is -0.497 e. The van der Waals surface area contributed by atoms with Gasteiger partial charge in [-0.1, -0.05) is 0 Å². The van der Waals surface area contributed by atoms with Crippen LogP contribution in [0.3, 0.4) is 0 Å². The summed E-state index contributed by atoms with van der Waals surface area (Å²) in [7, 11) is 3.03. The number of methoxy groups -OCH3 is 2. The molecule has 0 aliphatic carbocycles. The highest BCUT2D eigenvalue weighted by Crippen LogP contribution is 2.30. The van der Waals surface area contributed by atoms with Crippen molar-refractivity contribution in [2.75, 3.05) is 19.5 Å². The Labute approximate surface area is 161 Å². The molecule has 28 heavy (non-hydrogen) atoms. The zero-order valence-corrected chi connectivity index (χ0v) is 16.1. The van der Waals surface area contributed by atoms with Crippen molar-refractivity contribution in [2.24, 2.45) is 0 Å². The van der Waals surface area contributed by atoms with Gasteiger partial charge in [-0.05, 0) is 38.1 Å². The molecule has 3 rings (SSSR count). The van der Waals surface area contributed by atoms with E-state index in [1.165, 1.54) is 7.11 Å². The molecule has 0 bridgehead atoms. The van der Waals surface area contributed by atoms with Crippen LogP contribution in [0, 0.1) is 0 Å². The van der Waals surface area contributed by atoms with E-state index in [-0.39, 0.29) is 17.3 Å². The monoisotopic (exact) mass is 383 g/mol. The minimum atomic E-state index is -0.624. The van der Waals surface area contributed by atoms with Crippen LogP contribution in [0.5, 0.6) is 17.2 Å². The van der Waals surface area contributed by atoms with Gasteiger partial charge in [0.05, 0.1) is 31.6 Å². The number of fused-ring (bicyclic) bond motifs is 1. The van der Waals surface area contributed by atoms with Crippen LogP contribution in [0.4, 0.5) is 5.69 Å². The van der Waals surface area contributed by atoms with Crippen molar-refractivity contribution in [3.63, 3.8) is 0 Å². The first-order valence-electron chi connectivity index (χ1n) is 8.69. The molecule has 0 unspecified atom stereocenters. The molecular weight excluding hydrogens is 362 g/mol. The van der Waals surface area contributed by atoms with Crippen molar-refractivity contribution >= 4 is 22.6 Å². The maximum Gasteiger partial charge on any atom is 0.337 e. The second-order valence-corrected chi connectivity index (χ2v) is 6.32. The van der Waals surface area contributed by atoms with Gasteiger partial charge in [-0.25, -0.2) is 4.79 Å². The van der Waals surface area contributed by atoms with Gasteiger partial charge >= 0.3 is 5.63 Å². The number of hydrogen-bond acceptors (Lipinski definition) is 6. The van der Waals surface area contributed by atoms with E-state index < -0.39 is 11.5 Å². The number of nitrogens with one attached hydrogen (secondary N) is 1.